The number of ether oxygens (including phenoxy) is 1. The highest BCUT2D eigenvalue weighted by Crippen LogP contribution is 2.58. The van der Waals surface area contributed by atoms with E-state index in [0.29, 0.717) is 5.75 Å². The third kappa shape index (κ3) is 3.54. The van der Waals surface area contributed by atoms with Gasteiger partial charge in [0.05, 0.1) is 11.8 Å². The Morgan fingerprint density at radius 1 is 0.625 bits per heavy atom. The lowest BCUT2D eigenvalue weighted by atomic mass is 9.52. The van der Waals surface area contributed by atoms with Crippen LogP contribution in [0.1, 0.15) is 23.0 Å². The first-order valence-electron chi connectivity index (χ1n) is 10.7. The Balaban J connectivity index is 1.52. The van der Waals surface area contributed by atoms with Crippen LogP contribution in [-0.2, 0) is 9.59 Å². The SMILES string of the molecule is O=C(O)[C@H]1[C@@H](c2ccccc2)[C@H](C(=O)Oc2ccc3ccccc3c2)[C@@H]1c1ccccc1. The fraction of sp³-hybridized carbons (Fsp3) is 0.143. The Hall–Kier alpha value is -3.92. The van der Waals surface area contributed by atoms with Crippen LogP contribution < -0.4 is 4.74 Å². The molecule has 0 bridgehead atoms. The standard InChI is InChI=1S/C28H22O4/c29-27(30)25-23(19-10-3-1-4-11-19)26(24(25)20-12-5-2-6-13-20)28(31)32-22-16-15-18-9-7-8-14-21(18)17-22/h1-17,23-26H,(H,29,30)/t23-,24-,25-,26-/m1/s1. The summed E-state index contributed by atoms with van der Waals surface area (Å²) >= 11 is 0. The fourth-order valence-electron chi connectivity index (χ4n) is 4.94. The molecule has 158 valence electrons. The van der Waals surface area contributed by atoms with E-state index < -0.39 is 35.6 Å². The van der Waals surface area contributed by atoms with Gasteiger partial charge in [-0.2, -0.15) is 0 Å². The summed E-state index contributed by atoms with van der Waals surface area (Å²) in [5.41, 5.74) is 1.68. The number of esters is 1. The number of fused-ring (bicyclic) bond motifs is 1. The van der Waals surface area contributed by atoms with Crippen LogP contribution in [0.25, 0.3) is 10.8 Å². The molecular formula is C28H22O4. The highest BCUT2D eigenvalue weighted by Gasteiger charge is 2.59. The van der Waals surface area contributed by atoms with E-state index >= 15 is 0 Å². The molecule has 4 aromatic carbocycles. The molecule has 1 N–H and O–H groups in total. The van der Waals surface area contributed by atoms with E-state index in [-0.39, 0.29) is 0 Å². The number of aliphatic carboxylic acids is 1. The van der Waals surface area contributed by atoms with Crippen molar-refractivity contribution in [2.45, 2.75) is 11.8 Å². The predicted octanol–water partition coefficient (Wildman–Crippen LogP) is 5.64. The predicted molar refractivity (Wildman–Crippen MR) is 123 cm³/mol. The maximum absolute atomic E-state index is 13.5. The first kappa shape index (κ1) is 20.0. The molecule has 0 saturated heterocycles. The summed E-state index contributed by atoms with van der Waals surface area (Å²) in [5, 5.41) is 12.1. The van der Waals surface area contributed by atoms with Gasteiger partial charge >= 0.3 is 11.9 Å². The number of carboxylic acid groups (broad SMARTS) is 1. The summed E-state index contributed by atoms with van der Waals surface area (Å²) < 4.78 is 5.83. The lowest BCUT2D eigenvalue weighted by Crippen LogP contribution is -2.52. The largest absolute Gasteiger partial charge is 0.481 e. The molecular weight excluding hydrogens is 400 g/mol. The Bertz CT molecular complexity index is 1220. The van der Waals surface area contributed by atoms with Crippen molar-refractivity contribution in [3.63, 3.8) is 0 Å². The number of rotatable bonds is 5. The normalized spacial score (nSPS) is 22.1. The Morgan fingerprint density at radius 2 is 1.16 bits per heavy atom. The van der Waals surface area contributed by atoms with Crippen LogP contribution in [0.15, 0.2) is 103 Å². The third-order valence-electron chi connectivity index (χ3n) is 6.41. The first-order chi connectivity index (χ1) is 15.6. The second kappa shape index (κ2) is 8.31. The van der Waals surface area contributed by atoms with Gasteiger partial charge in [0.15, 0.2) is 0 Å². The van der Waals surface area contributed by atoms with E-state index in [0.717, 1.165) is 21.9 Å². The molecule has 5 rings (SSSR count). The number of hydrogen-bond donors (Lipinski definition) is 1. The van der Waals surface area contributed by atoms with Crippen LogP contribution in [-0.4, -0.2) is 17.0 Å². The van der Waals surface area contributed by atoms with E-state index in [1.807, 2.05) is 97.1 Å². The monoisotopic (exact) mass is 422 g/mol. The molecule has 1 saturated carbocycles. The molecule has 4 nitrogen and oxygen atoms in total. The third-order valence-corrected chi connectivity index (χ3v) is 6.41. The maximum Gasteiger partial charge on any atom is 0.315 e. The summed E-state index contributed by atoms with van der Waals surface area (Å²) in [6.07, 6.45) is 0. The molecule has 0 unspecified atom stereocenters. The summed E-state index contributed by atoms with van der Waals surface area (Å²) in [6.45, 7) is 0. The minimum atomic E-state index is -0.900. The molecule has 0 radical (unpaired) electrons. The zero-order valence-electron chi connectivity index (χ0n) is 17.3. The maximum atomic E-state index is 13.5. The van der Waals surface area contributed by atoms with E-state index in [1.54, 1.807) is 6.07 Å². The lowest BCUT2D eigenvalue weighted by Gasteiger charge is -2.48. The number of carboxylic acids is 1. The minimum Gasteiger partial charge on any atom is -0.481 e. The van der Waals surface area contributed by atoms with Crippen molar-refractivity contribution in [2.75, 3.05) is 0 Å². The minimum absolute atomic E-state index is 0.402. The molecule has 0 aliphatic heterocycles. The average molecular weight is 422 g/mol. The van der Waals surface area contributed by atoms with Crippen LogP contribution in [0.3, 0.4) is 0 Å². The quantitative estimate of drug-likeness (QED) is 0.334. The van der Waals surface area contributed by atoms with Gasteiger partial charge < -0.3 is 9.84 Å². The molecule has 0 aromatic heterocycles. The molecule has 32 heavy (non-hydrogen) atoms. The summed E-state index contributed by atoms with van der Waals surface area (Å²) in [5.74, 6) is -3.03. The fourth-order valence-corrected chi connectivity index (χ4v) is 4.94. The zero-order valence-corrected chi connectivity index (χ0v) is 17.3. The Labute approximate surface area is 186 Å². The van der Waals surface area contributed by atoms with Crippen LogP contribution in [0.4, 0.5) is 0 Å². The molecule has 1 aliphatic carbocycles. The van der Waals surface area contributed by atoms with Crippen molar-refractivity contribution >= 4 is 22.7 Å². The van der Waals surface area contributed by atoms with Crippen molar-refractivity contribution in [1.82, 2.24) is 0 Å². The van der Waals surface area contributed by atoms with E-state index in [1.165, 1.54) is 0 Å². The first-order valence-corrected chi connectivity index (χ1v) is 10.7. The van der Waals surface area contributed by atoms with Gasteiger partial charge in [0.1, 0.15) is 5.75 Å². The second-order valence-corrected chi connectivity index (χ2v) is 8.19. The van der Waals surface area contributed by atoms with Gasteiger partial charge in [0.2, 0.25) is 0 Å². The molecule has 0 spiro atoms. The topological polar surface area (TPSA) is 63.6 Å². The lowest BCUT2D eigenvalue weighted by molar-refractivity contribution is -0.158. The smallest absolute Gasteiger partial charge is 0.315 e. The van der Waals surface area contributed by atoms with E-state index in [2.05, 4.69) is 0 Å². The van der Waals surface area contributed by atoms with Crippen molar-refractivity contribution in [3.8, 4) is 5.75 Å². The van der Waals surface area contributed by atoms with Crippen LogP contribution in [0.5, 0.6) is 5.75 Å². The van der Waals surface area contributed by atoms with Gasteiger partial charge in [0.25, 0.3) is 0 Å². The van der Waals surface area contributed by atoms with Crippen molar-refractivity contribution in [2.24, 2.45) is 11.8 Å². The molecule has 4 heteroatoms. The van der Waals surface area contributed by atoms with Crippen molar-refractivity contribution in [1.29, 1.82) is 0 Å². The molecule has 1 fully saturated rings. The van der Waals surface area contributed by atoms with Gasteiger partial charge in [-0.1, -0.05) is 91.0 Å². The Kier molecular flexibility index (Phi) is 5.20. The van der Waals surface area contributed by atoms with Crippen molar-refractivity contribution in [3.05, 3.63) is 114 Å². The molecule has 0 amide bonds. The van der Waals surface area contributed by atoms with Gasteiger partial charge in [-0.3, -0.25) is 9.59 Å². The van der Waals surface area contributed by atoms with Crippen LogP contribution >= 0.6 is 0 Å². The molecule has 1 aliphatic rings. The second-order valence-electron chi connectivity index (χ2n) is 8.19. The number of hydrogen-bond acceptors (Lipinski definition) is 3. The van der Waals surface area contributed by atoms with Crippen LogP contribution in [0, 0.1) is 11.8 Å². The highest BCUT2D eigenvalue weighted by molar-refractivity contribution is 5.87. The number of carbonyl (C=O) groups excluding carboxylic acids is 1. The zero-order chi connectivity index (χ0) is 22.1. The van der Waals surface area contributed by atoms with Gasteiger partial charge in [-0.05, 0) is 34.0 Å². The van der Waals surface area contributed by atoms with Gasteiger partial charge in [-0.25, -0.2) is 0 Å². The molecule has 4 aromatic rings. The van der Waals surface area contributed by atoms with Gasteiger partial charge in [0, 0.05) is 11.8 Å². The van der Waals surface area contributed by atoms with Crippen LogP contribution in [0.2, 0.25) is 0 Å². The highest BCUT2D eigenvalue weighted by atomic mass is 16.5. The van der Waals surface area contributed by atoms with E-state index in [4.69, 9.17) is 4.74 Å². The summed E-state index contributed by atoms with van der Waals surface area (Å²) in [4.78, 5) is 25.7. The molecule has 2 atom stereocenters. The summed E-state index contributed by atoms with van der Waals surface area (Å²) in [7, 11) is 0. The van der Waals surface area contributed by atoms with Crippen molar-refractivity contribution < 1.29 is 19.4 Å². The molecule has 0 heterocycles. The van der Waals surface area contributed by atoms with Gasteiger partial charge in [-0.15, -0.1) is 0 Å². The Morgan fingerprint density at radius 3 is 1.72 bits per heavy atom. The van der Waals surface area contributed by atoms with E-state index in [9.17, 15) is 14.7 Å². The summed E-state index contributed by atoms with van der Waals surface area (Å²) in [6, 6.07) is 32.2. The average Bonchev–Trinajstić information content (AvgIpc) is 2.79. The number of carbonyl (C=O) groups is 2. The number of benzene rings is 4.